The van der Waals surface area contributed by atoms with Gasteiger partial charge in [0.05, 0.1) is 21.8 Å². The van der Waals surface area contributed by atoms with E-state index in [9.17, 15) is 4.79 Å². The Balaban J connectivity index is 2.46. The van der Waals surface area contributed by atoms with Crippen LogP contribution in [0.5, 0.6) is 0 Å². The highest BCUT2D eigenvalue weighted by molar-refractivity contribution is 8.00. The van der Waals surface area contributed by atoms with Crippen molar-refractivity contribution >= 4 is 35.0 Å². The summed E-state index contributed by atoms with van der Waals surface area (Å²) in [7, 11) is 0. The molecule has 1 aliphatic rings. The van der Waals surface area contributed by atoms with Crippen LogP contribution < -0.4 is 5.32 Å². The molecule has 1 aliphatic heterocycles. The van der Waals surface area contributed by atoms with Crippen LogP contribution in [-0.4, -0.2) is 16.1 Å². The second-order valence-electron chi connectivity index (χ2n) is 3.18. The number of nitrogens with one attached hydrogen (secondary N) is 1. The summed E-state index contributed by atoms with van der Waals surface area (Å²) in [5.41, 5.74) is 0.719. The van der Waals surface area contributed by atoms with E-state index in [1.807, 2.05) is 6.92 Å². The van der Waals surface area contributed by atoms with Crippen molar-refractivity contribution in [3.05, 3.63) is 17.4 Å². The molecule has 2 heterocycles. The Hall–Kier alpha value is -0.740. The van der Waals surface area contributed by atoms with Crippen molar-refractivity contribution in [2.45, 2.75) is 23.5 Å². The lowest BCUT2D eigenvalue weighted by Crippen LogP contribution is -2.13. The smallest absolute Gasteiger partial charge is 0.225 e. The predicted octanol–water partition coefficient (Wildman–Crippen LogP) is 2.56. The van der Waals surface area contributed by atoms with Gasteiger partial charge in [0.1, 0.15) is 0 Å². The number of fused-ring (bicyclic) bond motifs is 1. The molecule has 5 heteroatoms. The standard InChI is InChI=1S/C9H9ClN2OS/c1-5-2-8(13)12-7-4-11-3-6(10)9(7)14-5/h3-5H,2H2,1H3,(H,12,13). The van der Waals surface area contributed by atoms with Crippen LogP contribution in [0.1, 0.15) is 13.3 Å². The average molecular weight is 229 g/mol. The van der Waals surface area contributed by atoms with Gasteiger partial charge in [-0.05, 0) is 0 Å². The van der Waals surface area contributed by atoms with Crippen molar-refractivity contribution in [1.29, 1.82) is 0 Å². The molecule has 0 spiro atoms. The van der Waals surface area contributed by atoms with E-state index < -0.39 is 0 Å². The number of aromatic nitrogens is 1. The Morgan fingerprint density at radius 1 is 1.64 bits per heavy atom. The maximum atomic E-state index is 11.4. The Bertz CT molecular complexity index is 383. The summed E-state index contributed by atoms with van der Waals surface area (Å²) in [4.78, 5) is 16.2. The number of amides is 1. The SMILES string of the molecule is CC1CC(=O)Nc2cncc(Cl)c2S1. The molecule has 1 aromatic rings. The first-order chi connectivity index (χ1) is 6.66. The molecule has 0 aliphatic carbocycles. The van der Waals surface area contributed by atoms with E-state index in [-0.39, 0.29) is 11.2 Å². The molecule has 2 rings (SSSR count). The Morgan fingerprint density at radius 3 is 3.21 bits per heavy atom. The molecule has 0 radical (unpaired) electrons. The van der Waals surface area contributed by atoms with Crippen LogP contribution in [0.2, 0.25) is 5.02 Å². The number of carbonyl (C=O) groups excluding carboxylic acids is 1. The van der Waals surface area contributed by atoms with Crippen LogP contribution in [0.3, 0.4) is 0 Å². The van der Waals surface area contributed by atoms with Crippen molar-refractivity contribution in [1.82, 2.24) is 4.98 Å². The zero-order valence-electron chi connectivity index (χ0n) is 7.58. The number of pyridine rings is 1. The molecule has 74 valence electrons. The van der Waals surface area contributed by atoms with Crippen molar-refractivity contribution in [3.8, 4) is 0 Å². The third-order valence-corrected chi connectivity index (χ3v) is 3.56. The van der Waals surface area contributed by atoms with Gasteiger partial charge >= 0.3 is 0 Å². The summed E-state index contributed by atoms with van der Waals surface area (Å²) < 4.78 is 0. The molecule has 1 atom stereocenters. The first-order valence-electron chi connectivity index (χ1n) is 4.27. The minimum Gasteiger partial charge on any atom is -0.324 e. The first-order valence-corrected chi connectivity index (χ1v) is 5.52. The second-order valence-corrected chi connectivity index (χ2v) is 5.03. The summed E-state index contributed by atoms with van der Waals surface area (Å²) in [5, 5.41) is 3.63. The highest BCUT2D eigenvalue weighted by atomic mass is 35.5. The summed E-state index contributed by atoms with van der Waals surface area (Å²) >= 11 is 7.60. The number of hydrogen-bond acceptors (Lipinski definition) is 3. The number of rotatable bonds is 0. The molecule has 0 fully saturated rings. The molecular weight excluding hydrogens is 220 g/mol. The second kappa shape index (κ2) is 3.79. The van der Waals surface area contributed by atoms with Crippen molar-refractivity contribution in [3.63, 3.8) is 0 Å². The summed E-state index contributed by atoms with van der Waals surface area (Å²) in [6.07, 6.45) is 3.73. The maximum Gasteiger partial charge on any atom is 0.225 e. The quantitative estimate of drug-likeness (QED) is 0.742. The average Bonchev–Trinajstić information content (AvgIpc) is 2.23. The predicted molar refractivity (Wildman–Crippen MR) is 57.8 cm³/mol. The Kier molecular flexibility index (Phi) is 2.65. The van der Waals surface area contributed by atoms with Crippen molar-refractivity contribution in [2.24, 2.45) is 0 Å². The molecular formula is C9H9ClN2OS. The molecule has 1 amide bonds. The molecule has 0 saturated heterocycles. The molecule has 1 N–H and O–H groups in total. The van der Waals surface area contributed by atoms with E-state index in [0.717, 1.165) is 10.6 Å². The lowest BCUT2D eigenvalue weighted by Gasteiger charge is -2.07. The molecule has 1 aromatic heterocycles. The third kappa shape index (κ3) is 1.86. The van der Waals surface area contributed by atoms with Gasteiger partial charge in [0.25, 0.3) is 0 Å². The molecule has 0 bridgehead atoms. The van der Waals surface area contributed by atoms with Gasteiger partial charge in [-0.1, -0.05) is 18.5 Å². The summed E-state index contributed by atoms with van der Waals surface area (Å²) in [5.74, 6) is 0.0211. The van der Waals surface area contributed by atoms with Crippen molar-refractivity contribution < 1.29 is 4.79 Å². The Morgan fingerprint density at radius 2 is 2.43 bits per heavy atom. The van der Waals surface area contributed by atoms with Gasteiger partial charge < -0.3 is 5.32 Å². The monoisotopic (exact) mass is 228 g/mol. The van der Waals surface area contributed by atoms with Gasteiger partial charge in [-0.3, -0.25) is 9.78 Å². The maximum absolute atomic E-state index is 11.4. The molecule has 14 heavy (non-hydrogen) atoms. The van der Waals surface area contributed by atoms with Gasteiger partial charge in [0.15, 0.2) is 0 Å². The molecule has 1 unspecified atom stereocenters. The van der Waals surface area contributed by atoms with Crippen LogP contribution in [0.4, 0.5) is 5.69 Å². The van der Waals surface area contributed by atoms with E-state index in [1.165, 1.54) is 0 Å². The number of halogens is 1. The highest BCUT2D eigenvalue weighted by Crippen LogP contribution is 2.38. The van der Waals surface area contributed by atoms with Gasteiger partial charge in [-0.2, -0.15) is 0 Å². The van der Waals surface area contributed by atoms with Crippen LogP contribution in [-0.2, 0) is 4.79 Å². The third-order valence-electron chi connectivity index (χ3n) is 1.92. The zero-order chi connectivity index (χ0) is 10.1. The van der Waals surface area contributed by atoms with Gasteiger partial charge in [-0.25, -0.2) is 0 Å². The lowest BCUT2D eigenvalue weighted by molar-refractivity contribution is -0.116. The fourth-order valence-corrected chi connectivity index (χ4v) is 2.66. The lowest BCUT2D eigenvalue weighted by atomic mass is 10.3. The minimum absolute atomic E-state index is 0.0211. The molecule has 0 aromatic carbocycles. The number of thioether (sulfide) groups is 1. The zero-order valence-corrected chi connectivity index (χ0v) is 9.15. The summed E-state index contributed by atoms with van der Waals surface area (Å²) in [6, 6.07) is 0. The van der Waals surface area contributed by atoms with Crippen LogP contribution in [0.25, 0.3) is 0 Å². The largest absolute Gasteiger partial charge is 0.324 e. The Labute approximate surface area is 91.2 Å². The summed E-state index contributed by atoms with van der Waals surface area (Å²) in [6.45, 7) is 2.01. The number of anilines is 1. The fraction of sp³-hybridized carbons (Fsp3) is 0.333. The topological polar surface area (TPSA) is 42.0 Å². The number of hydrogen-bond donors (Lipinski definition) is 1. The fourth-order valence-electron chi connectivity index (χ4n) is 1.34. The van der Waals surface area contributed by atoms with Crippen LogP contribution in [0, 0.1) is 0 Å². The van der Waals surface area contributed by atoms with E-state index in [1.54, 1.807) is 24.2 Å². The number of carbonyl (C=O) groups is 1. The minimum atomic E-state index is 0.0211. The van der Waals surface area contributed by atoms with Crippen molar-refractivity contribution in [2.75, 3.05) is 5.32 Å². The van der Waals surface area contributed by atoms with Gasteiger partial charge in [-0.15, -0.1) is 11.8 Å². The highest BCUT2D eigenvalue weighted by Gasteiger charge is 2.20. The normalized spacial score (nSPS) is 21.0. The van der Waals surface area contributed by atoms with Gasteiger partial charge in [0, 0.05) is 17.9 Å². The van der Waals surface area contributed by atoms with E-state index >= 15 is 0 Å². The number of nitrogens with zero attached hydrogens (tertiary/aromatic N) is 1. The van der Waals surface area contributed by atoms with Crippen LogP contribution >= 0.6 is 23.4 Å². The van der Waals surface area contributed by atoms with Gasteiger partial charge in [0.2, 0.25) is 5.91 Å². The van der Waals surface area contributed by atoms with E-state index in [2.05, 4.69) is 10.3 Å². The first kappa shape index (κ1) is 9.80. The van der Waals surface area contributed by atoms with E-state index in [0.29, 0.717) is 11.4 Å². The molecule has 3 nitrogen and oxygen atoms in total. The molecule has 0 saturated carbocycles. The van der Waals surface area contributed by atoms with Crippen LogP contribution in [0.15, 0.2) is 17.3 Å². The van der Waals surface area contributed by atoms with E-state index in [4.69, 9.17) is 11.6 Å².